The number of hydrogen-bond donors (Lipinski definition) is 0. The first-order chi connectivity index (χ1) is 10.4. The van der Waals surface area contributed by atoms with E-state index in [0.717, 1.165) is 57.0 Å². The van der Waals surface area contributed by atoms with Gasteiger partial charge in [-0.25, -0.2) is 0 Å². The fourth-order valence-electron chi connectivity index (χ4n) is 3.26. The Kier molecular flexibility index (Phi) is 4.06. The third kappa shape index (κ3) is 3.08. The van der Waals surface area contributed by atoms with E-state index in [-0.39, 0.29) is 11.3 Å². The van der Waals surface area contributed by atoms with E-state index in [1.54, 1.807) is 0 Å². The highest BCUT2D eigenvalue weighted by Crippen LogP contribution is 2.26. The minimum absolute atomic E-state index is 0.0186. The molecule has 0 aliphatic carbocycles. The van der Waals surface area contributed by atoms with E-state index in [0.29, 0.717) is 5.91 Å². The highest BCUT2D eigenvalue weighted by Gasteiger charge is 2.33. The number of amides is 1. The molecule has 0 saturated carbocycles. The number of rotatable bonds is 2. The molecule has 5 nitrogen and oxygen atoms in total. The van der Waals surface area contributed by atoms with Gasteiger partial charge in [-0.3, -0.25) is 4.79 Å². The van der Waals surface area contributed by atoms with Gasteiger partial charge in [0.05, 0.1) is 11.6 Å². The molecular formula is C17H26N4O. The van der Waals surface area contributed by atoms with Crippen molar-refractivity contribution < 1.29 is 4.79 Å². The van der Waals surface area contributed by atoms with Gasteiger partial charge in [-0.15, -0.1) is 5.10 Å². The lowest BCUT2D eigenvalue weighted by atomic mass is 9.92. The maximum atomic E-state index is 12.5. The van der Waals surface area contributed by atoms with Gasteiger partial charge >= 0.3 is 0 Å². The summed E-state index contributed by atoms with van der Waals surface area (Å²) in [6.07, 6.45) is 3.24. The van der Waals surface area contributed by atoms with Crippen LogP contribution in [0.5, 0.6) is 0 Å². The molecule has 0 aromatic carbocycles. The van der Waals surface area contributed by atoms with Crippen molar-refractivity contribution in [3.63, 3.8) is 0 Å². The molecule has 3 rings (SSSR count). The molecule has 1 amide bonds. The van der Waals surface area contributed by atoms with Gasteiger partial charge in [0.1, 0.15) is 0 Å². The number of likely N-dealkylation sites (tertiary alicyclic amines) is 1. The van der Waals surface area contributed by atoms with E-state index in [1.807, 2.05) is 11.0 Å². The topological polar surface area (TPSA) is 49.3 Å². The first kappa shape index (κ1) is 15.3. The Hall–Kier alpha value is -1.65. The molecule has 1 aromatic heterocycles. The van der Waals surface area contributed by atoms with E-state index >= 15 is 0 Å². The van der Waals surface area contributed by atoms with Crippen molar-refractivity contribution in [1.29, 1.82) is 0 Å². The molecule has 0 bridgehead atoms. The Balaban J connectivity index is 1.63. The summed E-state index contributed by atoms with van der Waals surface area (Å²) in [5, 5.41) is 8.72. The number of hydrogen-bond acceptors (Lipinski definition) is 4. The van der Waals surface area contributed by atoms with Gasteiger partial charge in [-0.05, 0) is 31.4 Å². The Morgan fingerprint density at radius 3 is 2.45 bits per heavy atom. The van der Waals surface area contributed by atoms with Crippen molar-refractivity contribution in [1.82, 2.24) is 15.1 Å². The molecular weight excluding hydrogens is 276 g/mol. The van der Waals surface area contributed by atoms with E-state index in [1.165, 1.54) is 0 Å². The summed E-state index contributed by atoms with van der Waals surface area (Å²) < 4.78 is 0. The molecule has 1 aromatic rings. The van der Waals surface area contributed by atoms with Crippen molar-refractivity contribution in [3.8, 4) is 0 Å². The fourth-order valence-corrected chi connectivity index (χ4v) is 3.26. The van der Waals surface area contributed by atoms with Gasteiger partial charge in [0, 0.05) is 31.6 Å². The van der Waals surface area contributed by atoms with E-state index in [9.17, 15) is 4.79 Å². The third-order valence-electron chi connectivity index (χ3n) is 4.70. The van der Waals surface area contributed by atoms with Crippen molar-refractivity contribution in [2.24, 2.45) is 5.92 Å². The highest BCUT2D eigenvalue weighted by atomic mass is 16.2. The summed E-state index contributed by atoms with van der Waals surface area (Å²) in [5.41, 5.74) is 1.02. The Labute approximate surface area is 132 Å². The van der Waals surface area contributed by atoms with Crippen LogP contribution in [0, 0.1) is 5.92 Å². The van der Waals surface area contributed by atoms with Crippen LogP contribution in [-0.2, 0) is 10.2 Å². The summed E-state index contributed by atoms with van der Waals surface area (Å²) in [7, 11) is 0. The van der Waals surface area contributed by atoms with Crippen LogP contribution < -0.4 is 4.90 Å². The predicted molar refractivity (Wildman–Crippen MR) is 86.9 cm³/mol. The van der Waals surface area contributed by atoms with Crippen LogP contribution in [0.3, 0.4) is 0 Å². The molecule has 2 aliphatic heterocycles. The van der Waals surface area contributed by atoms with Crippen LogP contribution in [0.25, 0.3) is 0 Å². The third-order valence-corrected chi connectivity index (χ3v) is 4.70. The molecule has 3 heterocycles. The molecule has 120 valence electrons. The zero-order chi connectivity index (χ0) is 15.7. The lowest BCUT2D eigenvalue weighted by Crippen LogP contribution is -2.35. The lowest BCUT2D eigenvalue weighted by molar-refractivity contribution is -0.133. The SMILES string of the molecule is CC(C)(C)c1ccc(N2CCC(C(=O)N3CCCC3)C2)nn1. The van der Waals surface area contributed by atoms with Gasteiger partial charge in [0.25, 0.3) is 0 Å². The highest BCUT2D eigenvalue weighted by molar-refractivity contribution is 5.80. The molecule has 1 unspecified atom stereocenters. The van der Waals surface area contributed by atoms with Crippen LogP contribution in [0.1, 0.15) is 45.7 Å². The number of carbonyl (C=O) groups is 1. The molecule has 22 heavy (non-hydrogen) atoms. The molecule has 2 fully saturated rings. The Morgan fingerprint density at radius 2 is 1.86 bits per heavy atom. The second kappa shape index (κ2) is 5.86. The second-order valence-electron chi connectivity index (χ2n) is 7.49. The Bertz CT molecular complexity index is 529. The monoisotopic (exact) mass is 302 g/mol. The van der Waals surface area contributed by atoms with Gasteiger partial charge in [-0.2, -0.15) is 5.10 Å². The molecule has 0 N–H and O–H groups in total. The lowest BCUT2D eigenvalue weighted by Gasteiger charge is -2.22. The first-order valence-electron chi connectivity index (χ1n) is 8.33. The zero-order valence-electron chi connectivity index (χ0n) is 13.9. The minimum atomic E-state index is 0.0186. The van der Waals surface area contributed by atoms with Crippen LogP contribution in [-0.4, -0.2) is 47.2 Å². The van der Waals surface area contributed by atoms with Crippen LogP contribution in [0.15, 0.2) is 12.1 Å². The van der Waals surface area contributed by atoms with E-state index < -0.39 is 0 Å². The second-order valence-corrected chi connectivity index (χ2v) is 7.49. The summed E-state index contributed by atoms with van der Waals surface area (Å²) in [6, 6.07) is 4.09. The number of nitrogens with zero attached hydrogens (tertiary/aromatic N) is 4. The fraction of sp³-hybridized carbons (Fsp3) is 0.706. The molecule has 0 radical (unpaired) electrons. The maximum absolute atomic E-state index is 12.5. The van der Waals surface area contributed by atoms with Crippen molar-refractivity contribution in [2.45, 2.75) is 45.4 Å². The summed E-state index contributed by atoms with van der Waals surface area (Å²) in [5.74, 6) is 1.35. The van der Waals surface area contributed by atoms with E-state index in [4.69, 9.17) is 0 Å². The van der Waals surface area contributed by atoms with Crippen molar-refractivity contribution in [2.75, 3.05) is 31.1 Å². The largest absolute Gasteiger partial charge is 0.354 e. The molecule has 2 aliphatic rings. The van der Waals surface area contributed by atoms with Gasteiger partial charge in [0.15, 0.2) is 5.82 Å². The smallest absolute Gasteiger partial charge is 0.227 e. The summed E-state index contributed by atoms with van der Waals surface area (Å²) in [6.45, 7) is 9.96. The van der Waals surface area contributed by atoms with Crippen molar-refractivity contribution in [3.05, 3.63) is 17.8 Å². The normalized spacial score (nSPS) is 22.4. The van der Waals surface area contributed by atoms with Crippen molar-refractivity contribution >= 4 is 11.7 Å². The first-order valence-corrected chi connectivity index (χ1v) is 8.33. The minimum Gasteiger partial charge on any atom is -0.354 e. The average Bonchev–Trinajstić information content (AvgIpc) is 3.17. The van der Waals surface area contributed by atoms with Crippen LogP contribution in [0.2, 0.25) is 0 Å². The predicted octanol–water partition coefficient (Wildman–Crippen LogP) is 2.22. The van der Waals surface area contributed by atoms with Crippen LogP contribution >= 0.6 is 0 Å². The molecule has 0 spiro atoms. The number of carbonyl (C=O) groups excluding carboxylic acids is 1. The molecule has 1 atom stereocenters. The van der Waals surface area contributed by atoms with Gasteiger partial charge in [0.2, 0.25) is 5.91 Å². The maximum Gasteiger partial charge on any atom is 0.227 e. The van der Waals surface area contributed by atoms with Crippen LogP contribution in [0.4, 0.5) is 5.82 Å². The summed E-state index contributed by atoms with van der Waals surface area (Å²) in [4.78, 5) is 16.7. The zero-order valence-corrected chi connectivity index (χ0v) is 13.9. The van der Waals surface area contributed by atoms with Gasteiger partial charge in [-0.1, -0.05) is 20.8 Å². The average molecular weight is 302 g/mol. The summed E-state index contributed by atoms with van der Waals surface area (Å²) >= 11 is 0. The number of aromatic nitrogens is 2. The molecule has 5 heteroatoms. The standard InChI is InChI=1S/C17H26N4O/c1-17(2,3)14-6-7-15(19-18-14)21-11-8-13(12-21)16(22)20-9-4-5-10-20/h6-7,13H,4-5,8-12H2,1-3H3. The number of anilines is 1. The quantitative estimate of drug-likeness (QED) is 0.840. The van der Waals surface area contributed by atoms with E-state index in [2.05, 4.69) is 41.9 Å². The molecule has 2 saturated heterocycles. The Morgan fingerprint density at radius 1 is 1.14 bits per heavy atom. The van der Waals surface area contributed by atoms with Gasteiger partial charge < -0.3 is 9.80 Å².